The highest BCUT2D eigenvalue weighted by atomic mass is 31.2. The Balaban J connectivity index is 2.18. The van der Waals surface area contributed by atoms with Crippen LogP contribution in [0.1, 0.15) is 57.8 Å². The molecular formula is C21H32NO7P. The highest BCUT2D eigenvalue weighted by molar-refractivity contribution is 7.51. The van der Waals surface area contributed by atoms with Gasteiger partial charge < -0.3 is 24.9 Å². The number of carboxylic acid groups (broad SMARTS) is 1. The second kappa shape index (κ2) is 14.8. The first kappa shape index (κ1) is 25.9. The lowest BCUT2D eigenvalue weighted by atomic mass is 10.1. The van der Waals surface area contributed by atoms with E-state index >= 15 is 0 Å². The van der Waals surface area contributed by atoms with Crippen LogP contribution in [0.2, 0.25) is 0 Å². The number of nitrogens with one attached hydrogen (secondary N) is 1. The Hall–Kier alpha value is -2.15. The van der Waals surface area contributed by atoms with Crippen molar-refractivity contribution in [3.8, 4) is 5.75 Å². The van der Waals surface area contributed by atoms with Gasteiger partial charge in [0.1, 0.15) is 5.75 Å². The number of unbranched alkanes of at least 4 members (excludes halogenated alkanes) is 4. The van der Waals surface area contributed by atoms with Gasteiger partial charge in [-0.25, -0.2) is 0 Å². The van der Waals surface area contributed by atoms with Gasteiger partial charge in [-0.15, -0.1) is 0 Å². The standard InChI is InChI=1S/C21H32NO7P/c23-20(14-7-5-3-1-2-4-6-10-17-30(26,27)28)22-18-12-8-9-13-19(18)29-16-11-15-21(24)25/h2,4,8-9,12-13H,1,3,5-7,10-11,14-17H2,(H,22,23)(H,24,25)(H2,26,27,28)/b4-2+. The van der Waals surface area contributed by atoms with E-state index in [4.69, 9.17) is 19.6 Å². The van der Waals surface area contributed by atoms with E-state index in [1.807, 2.05) is 12.2 Å². The maximum absolute atomic E-state index is 12.1. The summed E-state index contributed by atoms with van der Waals surface area (Å²) in [5.41, 5.74) is 0.580. The van der Waals surface area contributed by atoms with Gasteiger partial charge in [0.25, 0.3) is 0 Å². The maximum Gasteiger partial charge on any atom is 0.325 e. The molecule has 0 spiro atoms. The van der Waals surface area contributed by atoms with Crippen molar-refractivity contribution in [3.63, 3.8) is 0 Å². The zero-order valence-corrected chi connectivity index (χ0v) is 18.1. The molecule has 1 aromatic rings. The van der Waals surface area contributed by atoms with Crippen LogP contribution in [0.5, 0.6) is 5.75 Å². The third-order valence-electron chi connectivity index (χ3n) is 4.22. The van der Waals surface area contributed by atoms with Gasteiger partial charge in [-0.2, -0.15) is 0 Å². The SMILES string of the molecule is O=C(O)CCCOc1ccccc1NC(=O)CCCCC/C=C/CCCP(=O)(O)O. The topological polar surface area (TPSA) is 133 Å². The fraction of sp³-hybridized carbons (Fsp3) is 0.524. The summed E-state index contributed by atoms with van der Waals surface area (Å²) in [4.78, 5) is 40.2. The third kappa shape index (κ3) is 13.9. The van der Waals surface area contributed by atoms with E-state index in [-0.39, 0.29) is 25.1 Å². The van der Waals surface area contributed by atoms with Crippen molar-refractivity contribution < 1.29 is 33.8 Å². The largest absolute Gasteiger partial charge is 0.491 e. The molecule has 0 heterocycles. The van der Waals surface area contributed by atoms with E-state index in [0.717, 1.165) is 25.7 Å². The Kier molecular flexibility index (Phi) is 12.7. The fourth-order valence-electron chi connectivity index (χ4n) is 2.69. The lowest BCUT2D eigenvalue weighted by Gasteiger charge is -2.12. The Morgan fingerprint density at radius 1 is 0.967 bits per heavy atom. The fourth-order valence-corrected chi connectivity index (χ4v) is 3.28. The molecule has 0 aliphatic carbocycles. The maximum atomic E-state index is 12.1. The number of para-hydroxylation sites is 2. The predicted molar refractivity (Wildman–Crippen MR) is 116 cm³/mol. The smallest absolute Gasteiger partial charge is 0.325 e. The van der Waals surface area contributed by atoms with E-state index in [1.54, 1.807) is 24.3 Å². The van der Waals surface area contributed by atoms with Crippen LogP contribution in [0.4, 0.5) is 5.69 Å². The molecule has 0 fully saturated rings. The van der Waals surface area contributed by atoms with Gasteiger partial charge in [-0.1, -0.05) is 30.7 Å². The molecule has 0 saturated heterocycles. The van der Waals surface area contributed by atoms with Crippen LogP contribution >= 0.6 is 7.60 Å². The Labute approximate surface area is 177 Å². The number of carbonyl (C=O) groups is 2. The molecule has 1 aromatic carbocycles. The molecule has 0 radical (unpaired) electrons. The van der Waals surface area contributed by atoms with Crippen LogP contribution in [0.3, 0.4) is 0 Å². The van der Waals surface area contributed by atoms with Gasteiger partial charge in [0, 0.05) is 12.8 Å². The Bertz CT molecular complexity index is 730. The van der Waals surface area contributed by atoms with E-state index in [0.29, 0.717) is 37.1 Å². The molecule has 0 aromatic heterocycles. The summed E-state index contributed by atoms with van der Waals surface area (Å²) in [6, 6.07) is 7.08. The average Bonchev–Trinajstić information content (AvgIpc) is 2.67. The molecule has 9 heteroatoms. The number of carbonyl (C=O) groups excluding carboxylic acids is 1. The number of allylic oxidation sites excluding steroid dienone is 2. The van der Waals surface area contributed by atoms with Crippen molar-refractivity contribution in [1.29, 1.82) is 0 Å². The summed E-state index contributed by atoms with van der Waals surface area (Å²) in [5.74, 6) is -0.430. The number of hydrogen-bond acceptors (Lipinski definition) is 4. The molecule has 30 heavy (non-hydrogen) atoms. The van der Waals surface area contributed by atoms with Crippen LogP contribution in [-0.4, -0.2) is 39.5 Å². The third-order valence-corrected chi connectivity index (χ3v) is 5.11. The first-order valence-corrected chi connectivity index (χ1v) is 12.0. The molecule has 168 valence electrons. The predicted octanol–water partition coefficient (Wildman–Crippen LogP) is 4.33. The van der Waals surface area contributed by atoms with E-state index < -0.39 is 13.6 Å². The molecular weight excluding hydrogens is 409 g/mol. The second-order valence-electron chi connectivity index (χ2n) is 6.99. The second-order valence-corrected chi connectivity index (χ2v) is 8.77. The lowest BCUT2D eigenvalue weighted by Crippen LogP contribution is -2.12. The van der Waals surface area contributed by atoms with Gasteiger partial charge >= 0.3 is 13.6 Å². The minimum Gasteiger partial charge on any atom is -0.491 e. The Morgan fingerprint density at radius 3 is 2.37 bits per heavy atom. The molecule has 0 atom stereocenters. The minimum atomic E-state index is -3.89. The zero-order chi connectivity index (χ0) is 22.2. The summed E-state index contributed by atoms with van der Waals surface area (Å²) < 4.78 is 16.3. The van der Waals surface area contributed by atoms with Crippen molar-refractivity contribution in [2.45, 2.75) is 57.8 Å². The molecule has 0 saturated carbocycles. The normalized spacial score (nSPS) is 11.5. The lowest BCUT2D eigenvalue weighted by molar-refractivity contribution is -0.137. The van der Waals surface area contributed by atoms with Crippen molar-refractivity contribution in [3.05, 3.63) is 36.4 Å². The van der Waals surface area contributed by atoms with Gasteiger partial charge in [-0.05, 0) is 50.7 Å². The summed E-state index contributed by atoms with van der Waals surface area (Å²) in [5, 5.41) is 11.5. The monoisotopic (exact) mass is 441 g/mol. The number of carboxylic acids is 1. The van der Waals surface area contributed by atoms with Crippen molar-refractivity contribution in [2.75, 3.05) is 18.1 Å². The zero-order valence-electron chi connectivity index (χ0n) is 17.2. The molecule has 0 bridgehead atoms. The number of rotatable bonds is 16. The highest BCUT2D eigenvalue weighted by Gasteiger charge is 2.10. The van der Waals surface area contributed by atoms with E-state index in [9.17, 15) is 14.2 Å². The average molecular weight is 441 g/mol. The van der Waals surface area contributed by atoms with Gasteiger partial charge in [0.15, 0.2) is 0 Å². The number of anilines is 1. The van der Waals surface area contributed by atoms with Gasteiger partial charge in [0.05, 0.1) is 18.5 Å². The minimum absolute atomic E-state index is 0.0388. The number of aliphatic carboxylic acids is 1. The number of ether oxygens (including phenoxy) is 1. The first-order chi connectivity index (χ1) is 14.3. The quantitative estimate of drug-likeness (QED) is 0.170. The number of hydrogen-bond donors (Lipinski definition) is 4. The summed E-state index contributed by atoms with van der Waals surface area (Å²) in [6.07, 6.45) is 9.35. The van der Waals surface area contributed by atoms with Crippen molar-refractivity contribution in [1.82, 2.24) is 0 Å². The van der Waals surface area contributed by atoms with Crippen LogP contribution in [-0.2, 0) is 14.2 Å². The molecule has 1 rings (SSSR count). The molecule has 4 N–H and O–H groups in total. The number of benzene rings is 1. The van der Waals surface area contributed by atoms with Crippen molar-refractivity contribution in [2.24, 2.45) is 0 Å². The van der Waals surface area contributed by atoms with Crippen molar-refractivity contribution >= 4 is 25.2 Å². The van der Waals surface area contributed by atoms with E-state index in [1.165, 1.54) is 0 Å². The summed E-state index contributed by atoms with van der Waals surface area (Å²) >= 11 is 0. The number of amides is 1. The van der Waals surface area contributed by atoms with Gasteiger partial charge in [0.2, 0.25) is 5.91 Å². The molecule has 0 unspecified atom stereocenters. The Morgan fingerprint density at radius 2 is 1.67 bits per heavy atom. The van der Waals surface area contributed by atoms with E-state index in [2.05, 4.69) is 5.32 Å². The highest BCUT2D eigenvalue weighted by Crippen LogP contribution is 2.35. The van der Waals surface area contributed by atoms with Crippen LogP contribution in [0, 0.1) is 0 Å². The molecule has 0 aliphatic rings. The summed E-state index contributed by atoms with van der Waals surface area (Å²) in [6.45, 7) is 0.270. The molecule has 0 aliphatic heterocycles. The van der Waals surface area contributed by atoms with Crippen LogP contribution in [0.25, 0.3) is 0 Å². The molecule has 8 nitrogen and oxygen atoms in total. The summed E-state index contributed by atoms with van der Waals surface area (Å²) in [7, 11) is -3.89. The van der Waals surface area contributed by atoms with Crippen LogP contribution in [0.15, 0.2) is 36.4 Å². The first-order valence-electron chi connectivity index (χ1n) is 10.2. The molecule has 1 amide bonds. The van der Waals surface area contributed by atoms with Crippen LogP contribution < -0.4 is 10.1 Å². The van der Waals surface area contributed by atoms with Gasteiger partial charge in [-0.3, -0.25) is 14.2 Å².